The summed E-state index contributed by atoms with van der Waals surface area (Å²) in [5, 5.41) is 2.21. The van der Waals surface area contributed by atoms with E-state index >= 15 is 0 Å². The van der Waals surface area contributed by atoms with Crippen molar-refractivity contribution in [3.05, 3.63) is 239 Å². The van der Waals surface area contributed by atoms with Gasteiger partial charge in [-0.2, -0.15) is 6.07 Å². The van der Waals surface area contributed by atoms with Crippen LogP contribution in [0.1, 0.15) is 135 Å². The smallest absolute Gasteiger partial charge is 0.135 e. The van der Waals surface area contributed by atoms with Gasteiger partial charge in [0.25, 0.3) is 0 Å². The van der Waals surface area contributed by atoms with E-state index in [2.05, 4.69) is 293 Å². The predicted octanol–water partition coefficient (Wildman–Crippen LogP) is 17.6. The summed E-state index contributed by atoms with van der Waals surface area (Å²) in [6, 6.07) is 66.6. The van der Waals surface area contributed by atoms with Crippen molar-refractivity contribution in [2.24, 2.45) is 0 Å². The van der Waals surface area contributed by atoms with Crippen LogP contribution >= 0.6 is 0 Å². The van der Waals surface area contributed by atoms with Gasteiger partial charge in [-0.1, -0.05) is 205 Å². The van der Waals surface area contributed by atoms with Crippen molar-refractivity contribution in [2.75, 3.05) is 9.80 Å². The molecule has 10 rings (SSSR count). The number of ether oxygens (including phenoxy) is 1. The summed E-state index contributed by atoms with van der Waals surface area (Å²) < 4.78 is 9.28. The third-order valence-electron chi connectivity index (χ3n) is 15.0. The minimum atomic E-state index is -0.265. The zero-order valence-electron chi connectivity index (χ0n) is 45.3. The Kier molecular flexibility index (Phi) is 13.8. The molecule has 9 aromatic rings. The Morgan fingerprint density at radius 1 is 0.473 bits per heavy atom. The van der Waals surface area contributed by atoms with Gasteiger partial charge in [0.15, 0.2) is 0 Å². The summed E-state index contributed by atoms with van der Waals surface area (Å²) in [6.07, 6.45) is 4.19. The topological polar surface area (TPSA) is 33.5 Å². The molecule has 0 saturated carbocycles. The van der Waals surface area contributed by atoms with Gasteiger partial charge in [-0.05, 0) is 97.1 Å². The van der Waals surface area contributed by atoms with Gasteiger partial charge in [0.1, 0.15) is 5.82 Å². The van der Waals surface area contributed by atoms with Crippen LogP contribution in [-0.4, -0.2) is 9.55 Å². The molecule has 0 aliphatic carbocycles. The number of fused-ring (bicyclic) bond motifs is 3. The fourth-order valence-electron chi connectivity index (χ4n) is 10.0. The first kappa shape index (κ1) is 52.2. The molecule has 0 fully saturated rings. The Bertz CT molecular complexity index is 3480. The maximum Gasteiger partial charge on any atom is 0.135 e. The number of aromatic nitrogens is 2. The van der Waals surface area contributed by atoms with E-state index in [1.54, 1.807) is 0 Å². The molecule has 5 nitrogen and oxygen atoms in total. The van der Waals surface area contributed by atoms with Crippen molar-refractivity contribution >= 4 is 38.9 Å². The largest absolute Gasteiger partial charge is 0.509 e. The van der Waals surface area contributed by atoms with Crippen LogP contribution in [0.25, 0.3) is 33.3 Å². The van der Waals surface area contributed by atoms with E-state index in [9.17, 15) is 0 Å². The number of nitrogens with zero attached hydrogens (tertiary/aromatic N) is 4. The summed E-state index contributed by atoms with van der Waals surface area (Å²) in [5.41, 5.74) is 14.0. The van der Waals surface area contributed by atoms with E-state index in [0.717, 1.165) is 55.8 Å². The molecule has 1 aliphatic rings. The Morgan fingerprint density at radius 3 is 1.61 bits per heavy atom. The summed E-state index contributed by atoms with van der Waals surface area (Å²) in [4.78, 5) is 9.61. The molecule has 6 heteroatoms. The fourth-order valence-corrected chi connectivity index (χ4v) is 10.0. The summed E-state index contributed by atoms with van der Waals surface area (Å²) in [7, 11) is 0. The maximum absolute atomic E-state index is 7.02. The Hall–Kier alpha value is -6.68. The van der Waals surface area contributed by atoms with E-state index < -0.39 is 0 Å². The first-order valence-electron chi connectivity index (χ1n) is 25.8. The zero-order chi connectivity index (χ0) is 51.7. The summed E-state index contributed by atoms with van der Waals surface area (Å²) in [5.74, 6) is 2.03. The van der Waals surface area contributed by atoms with E-state index in [4.69, 9.17) is 9.72 Å². The van der Waals surface area contributed by atoms with Crippen molar-refractivity contribution in [2.45, 2.75) is 117 Å². The molecule has 0 radical (unpaired) electrons. The van der Waals surface area contributed by atoms with Gasteiger partial charge in [0.2, 0.25) is 0 Å². The molecule has 0 unspecified atom stereocenters. The number of benzene rings is 7. The van der Waals surface area contributed by atoms with Crippen LogP contribution in [-0.2, 0) is 48.1 Å². The van der Waals surface area contributed by atoms with Gasteiger partial charge in [-0.15, -0.1) is 53.6 Å². The summed E-state index contributed by atoms with van der Waals surface area (Å²) in [6.45, 7) is 31.9. The standard InChI is InChI=1S/C68H69N4O.Pt/c1-64(2,3)51-35-52(65(4,5)6)37-54(36-51)70-44-62(46-23-17-14-18-24-46)71(45-70)55-38-53(66(7,8)9)39-57(42-55)73-56-30-31-58-59-40-49(67(10,11)47-25-19-15-20-26-47)29-32-60(59)72(61(58)43-56)63-41-50(33-34-69-63)68(12,13)48-27-21-16-22-28-48;/h14-41,44-45H,1-13H3;/q-3;. The van der Waals surface area contributed by atoms with Gasteiger partial charge >= 0.3 is 0 Å². The molecule has 0 saturated heterocycles. The van der Waals surface area contributed by atoms with Crippen molar-refractivity contribution in [1.82, 2.24) is 9.55 Å². The SMILES string of the molecule is CC(C)(C)c1cc(Oc2[c-]c3c(cc2)c2cc(C(C)(C)c4ccccc4)ccc2n3-c2cc(C(C)(C)c3ccccc3)ccn2)[c-]c(N2[CH-]N(c3cc(C(C)(C)C)cc(C(C)(C)C)c3)C=C2c2ccccc2)c1.[Pt]. The van der Waals surface area contributed by atoms with Crippen LogP contribution in [0, 0.1) is 18.8 Å². The molecular formula is C68H69N4OPt-3. The zero-order valence-corrected chi connectivity index (χ0v) is 47.6. The molecule has 0 bridgehead atoms. The minimum Gasteiger partial charge on any atom is -0.509 e. The second-order valence-corrected chi connectivity index (χ2v) is 24.0. The van der Waals surface area contributed by atoms with Gasteiger partial charge in [-0.3, -0.25) is 0 Å². The second-order valence-electron chi connectivity index (χ2n) is 24.0. The Morgan fingerprint density at radius 2 is 1.03 bits per heavy atom. The van der Waals surface area contributed by atoms with Gasteiger partial charge in [0, 0.05) is 66.5 Å². The molecule has 0 spiro atoms. The fraction of sp³-hybridized carbons (Fsp3) is 0.265. The molecular weight excluding hydrogens is 1080 g/mol. The summed E-state index contributed by atoms with van der Waals surface area (Å²) >= 11 is 0. The minimum absolute atomic E-state index is 0. The van der Waals surface area contributed by atoms with Gasteiger partial charge in [-0.25, -0.2) is 4.98 Å². The third-order valence-corrected chi connectivity index (χ3v) is 15.0. The number of hydrogen-bond donors (Lipinski definition) is 0. The van der Waals surface area contributed by atoms with Crippen molar-refractivity contribution in [1.29, 1.82) is 0 Å². The van der Waals surface area contributed by atoms with Crippen molar-refractivity contribution in [3.63, 3.8) is 0 Å². The molecule has 74 heavy (non-hydrogen) atoms. The van der Waals surface area contributed by atoms with Crippen LogP contribution in [0.15, 0.2) is 176 Å². The first-order chi connectivity index (χ1) is 34.6. The quantitative estimate of drug-likeness (QED) is 0.128. The normalized spacial score (nSPS) is 13.6. The van der Waals surface area contributed by atoms with Crippen LogP contribution in [0.4, 0.5) is 11.4 Å². The molecule has 3 heterocycles. The molecule has 380 valence electrons. The average molecular weight is 1150 g/mol. The second kappa shape index (κ2) is 19.5. The van der Waals surface area contributed by atoms with E-state index in [0.29, 0.717) is 11.5 Å². The molecule has 7 aromatic carbocycles. The Labute approximate surface area is 455 Å². The van der Waals surface area contributed by atoms with Gasteiger partial charge < -0.3 is 19.1 Å². The Balaban J connectivity index is 0.00000672. The number of anilines is 2. The van der Waals surface area contributed by atoms with Gasteiger partial charge in [0.05, 0.1) is 0 Å². The average Bonchev–Trinajstić information content (AvgIpc) is 3.96. The number of pyridine rings is 1. The predicted molar refractivity (Wildman–Crippen MR) is 306 cm³/mol. The number of hydrogen-bond acceptors (Lipinski definition) is 4. The molecule has 2 aromatic heterocycles. The third kappa shape index (κ3) is 10.1. The van der Waals surface area contributed by atoms with E-state index in [-0.39, 0.29) is 48.1 Å². The monoisotopic (exact) mass is 1150 g/mol. The van der Waals surface area contributed by atoms with E-state index in [1.807, 2.05) is 6.20 Å². The van der Waals surface area contributed by atoms with Crippen molar-refractivity contribution < 1.29 is 25.8 Å². The molecule has 0 N–H and O–H groups in total. The number of rotatable bonds is 10. The van der Waals surface area contributed by atoms with Crippen LogP contribution < -0.4 is 14.5 Å². The molecule has 0 amide bonds. The molecule has 1 aliphatic heterocycles. The molecule has 0 atom stereocenters. The first-order valence-corrected chi connectivity index (χ1v) is 25.8. The maximum atomic E-state index is 7.02. The van der Waals surface area contributed by atoms with Crippen LogP contribution in [0.5, 0.6) is 11.5 Å². The van der Waals surface area contributed by atoms with Crippen LogP contribution in [0.3, 0.4) is 0 Å². The van der Waals surface area contributed by atoms with E-state index in [1.165, 1.54) is 33.4 Å². The van der Waals surface area contributed by atoms with Crippen molar-refractivity contribution in [3.8, 4) is 17.3 Å². The van der Waals surface area contributed by atoms with Crippen LogP contribution in [0.2, 0.25) is 0 Å².